The lowest BCUT2D eigenvalue weighted by molar-refractivity contribution is 0.185. The van der Waals surface area contributed by atoms with E-state index in [4.69, 9.17) is 4.74 Å². The van der Waals surface area contributed by atoms with E-state index >= 15 is 0 Å². The lowest BCUT2D eigenvalue weighted by atomic mass is 10.1. The summed E-state index contributed by atoms with van der Waals surface area (Å²) in [6.45, 7) is 8.35. The molecule has 0 amide bonds. The number of methoxy groups -OCH3 is 1. The maximum absolute atomic E-state index is 5.08. The molecule has 0 bridgehead atoms. The first-order chi connectivity index (χ1) is 7.30. The highest BCUT2D eigenvalue weighted by Crippen LogP contribution is 2.08. The van der Waals surface area contributed by atoms with Crippen LogP contribution in [0.2, 0.25) is 0 Å². The van der Waals surface area contributed by atoms with Gasteiger partial charge in [0.1, 0.15) is 0 Å². The summed E-state index contributed by atoms with van der Waals surface area (Å²) in [6, 6.07) is 8.66. The molecule has 2 nitrogen and oxygen atoms in total. The maximum atomic E-state index is 5.08. The van der Waals surface area contributed by atoms with Crippen LogP contribution in [0.5, 0.6) is 0 Å². The lowest BCUT2D eigenvalue weighted by Crippen LogP contribution is -2.22. The SMILES string of the molecule is CCN(CC)Cc1ccc(COC)cc1. The summed E-state index contributed by atoms with van der Waals surface area (Å²) < 4.78 is 5.08. The largest absolute Gasteiger partial charge is 0.380 e. The second-order valence-electron chi connectivity index (χ2n) is 3.71. The van der Waals surface area contributed by atoms with Gasteiger partial charge < -0.3 is 4.74 Å². The molecule has 0 saturated heterocycles. The van der Waals surface area contributed by atoms with E-state index in [1.165, 1.54) is 11.1 Å². The Hall–Kier alpha value is -0.860. The smallest absolute Gasteiger partial charge is 0.0713 e. The minimum atomic E-state index is 0.700. The molecule has 0 aliphatic rings. The van der Waals surface area contributed by atoms with Crippen molar-refractivity contribution in [2.24, 2.45) is 0 Å². The third-order valence-electron chi connectivity index (χ3n) is 2.63. The molecule has 1 rings (SSSR count). The number of hydrogen-bond donors (Lipinski definition) is 0. The van der Waals surface area contributed by atoms with Gasteiger partial charge in [0.15, 0.2) is 0 Å². The maximum Gasteiger partial charge on any atom is 0.0713 e. The van der Waals surface area contributed by atoms with Crippen LogP contribution in [0.15, 0.2) is 24.3 Å². The molecule has 0 fully saturated rings. The Morgan fingerprint density at radius 1 is 1.00 bits per heavy atom. The molecule has 0 unspecified atom stereocenters. The van der Waals surface area contributed by atoms with Crippen LogP contribution < -0.4 is 0 Å². The number of ether oxygens (including phenoxy) is 1. The minimum absolute atomic E-state index is 0.700. The molecular weight excluding hydrogens is 186 g/mol. The third kappa shape index (κ3) is 4.02. The molecule has 0 N–H and O–H groups in total. The fraction of sp³-hybridized carbons (Fsp3) is 0.538. The summed E-state index contributed by atoms with van der Waals surface area (Å²) in [5.41, 5.74) is 2.61. The Labute approximate surface area is 92.9 Å². The van der Waals surface area contributed by atoms with Gasteiger partial charge in [-0.15, -0.1) is 0 Å². The first-order valence-electron chi connectivity index (χ1n) is 5.59. The summed E-state index contributed by atoms with van der Waals surface area (Å²) in [7, 11) is 1.73. The van der Waals surface area contributed by atoms with Crippen molar-refractivity contribution >= 4 is 0 Å². The van der Waals surface area contributed by atoms with Crippen molar-refractivity contribution in [1.82, 2.24) is 4.90 Å². The van der Waals surface area contributed by atoms with Gasteiger partial charge in [-0.3, -0.25) is 4.90 Å². The minimum Gasteiger partial charge on any atom is -0.380 e. The predicted octanol–water partition coefficient (Wildman–Crippen LogP) is 2.67. The summed E-state index contributed by atoms with van der Waals surface area (Å²) in [5.74, 6) is 0. The molecule has 84 valence electrons. The Morgan fingerprint density at radius 2 is 1.53 bits per heavy atom. The fourth-order valence-corrected chi connectivity index (χ4v) is 1.61. The van der Waals surface area contributed by atoms with Gasteiger partial charge in [0, 0.05) is 13.7 Å². The van der Waals surface area contributed by atoms with Gasteiger partial charge in [-0.05, 0) is 24.2 Å². The first kappa shape index (κ1) is 12.2. The topological polar surface area (TPSA) is 12.5 Å². The highest BCUT2D eigenvalue weighted by molar-refractivity contribution is 5.21. The summed E-state index contributed by atoms with van der Waals surface area (Å²) in [4.78, 5) is 2.41. The van der Waals surface area contributed by atoms with Crippen molar-refractivity contribution < 1.29 is 4.74 Å². The van der Waals surface area contributed by atoms with E-state index in [0.717, 1.165) is 19.6 Å². The zero-order valence-corrected chi connectivity index (χ0v) is 9.99. The average Bonchev–Trinajstić information content (AvgIpc) is 2.28. The Kier molecular flexibility index (Phi) is 5.37. The summed E-state index contributed by atoms with van der Waals surface area (Å²) in [6.07, 6.45) is 0. The molecule has 0 spiro atoms. The third-order valence-corrected chi connectivity index (χ3v) is 2.63. The summed E-state index contributed by atoms with van der Waals surface area (Å²) >= 11 is 0. The Morgan fingerprint density at radius 3 is 2.00 bits per heavy atom. The van der Waals surface area contributed by atoms with Crippen molar-refractivity contribution in [1.29, 1.82) is 0 Å². The second kappa shape index (κ2) is 6.59. The van der Waals surface area contributed by atoms with Crippen molar-refractivity contribution in [3.63, 3.8) is 0 Å². The van der Waals surface area contributed by atoms with Gasteiger partial charge in [-0.2, -0.15) is 0 Å². The molecule has 0 saturated carbocycles. The molecule has 0 atom stereocenters. The molecule has 0 aliphatic carbocycles. The molecule has 0 aliphatic heterocycles. The van der Waals surface area contributed by atoms with Gasteiger partial charge in [0.2, 0.25) is 0 Å². The van der Waals surface area contributed by atoms with E-state index in [9.17, 15) is 0 Å². The molecule has 0 heterocycles. The molecule has 0 aromatic heterocycles. The molecule has 1 aromatic rings. The van der Waals surface area contributed by atoms with Gasteiger partial charge in [-0.1, -0.05) is 38.1 Å². The van der Waals surface area contributed by atoms with E-state index < -0.39 is 0 Å². The van der Waals surface area contributed by atoms with E-state index in [1.54, 1.807) is 7.11 Å². The second-order valence-corrected chi connectivity index (χ2v) is 3.71. The number of nitrogens with zero attached hydrogens (tertiary/aromatic N) is 1. The summed E-state index contributed by atoms with van der Waals surface area (Å²) in [5, 5.41) is 0. The Bertz CT molecular complexity index is 264. The zero-order chi connectivity index (χ0) is 11.1. The van der Waals surface area contributed by atoms with Crippen LogP contribution in [0, 0.1) is 0 Å². The predicted molar refractivity (Wildman–Crippen MR) is 63.8 cm³/mol. The Balaban J connectivity index is 2.55. The monoisotopic (exact) mass is 207 g/mol. The van der Waals surface area contributed by atoms with E-state index in [-0.39, 0.29) is 0 Å². The van der Waals surface area contributed by atoms with E-state index in [1.807, 2.05) is 0 Å². The molecule has 1 aromatic carbocycles. The fourth-order valence-electron chi connectivity index (χ4n) is 1.61. The standard InChI is InChI=1S/C13H21NO/c1-4-14(5-2)10-12-6-8-13(9-7-12)11-15-3/h6-9H,4-5,10-11H2,1-3H3. The van der Waals surface area contributed by atoms with Crippen molar-refractivity contribution in [2.45, 2.75) is 27.0 Å². The highest BCUT2D eigenvalue weighted by Gasteiger charge is 2.00. The number of hydrogen-bond acceptors (Lipinski definition) is 2. The number of rotatable bonds is 6. The van der Waals surface area contributed by atoms with Crippen LogP contribution in [-0.2, 0) is 17.9 Å². The van der Waals surface area contributed by atoms with Gasteiger partial charge in [0.25, 0.3) is 0 Å². The van der Waals surface area contributed by atoms with Crippen LogP contribution >= 0.6 is 0 Å². The van der Waals surface area contributed by atoms with Crippen LogP contribution in [0.3, 0.4) is 0 Å². The molecule has 15 heavy (non-hydrogen) atoms. The lowest BCUT2D eigenvalue weighted by Gasteiger charge is -2.17. The van der Waals surface area contributed by atoms with Gasteiger partial charge in [0.05, 0.1) is 6.61 Å². The zero-order valence-electron chi connectivity index (χ0n) is 9.99. The normalized spacial score (nSPS) is 10.9. The average molecular weight is 207 g/mol. The van der Waals surface area contributed by atoms with Gasteiger partial charge in [-0.25, -0.2) is 0 Å². The van der Waals surface area contributed by atoms with Gasteiger partial charge >= 0.3 is 0 Å². The molecule has 2 heteroatoms. The quantitative estimate of drug-likeness (QED) is 0.711. The van der Waals surface area contributed by atoms with E-state index in [2.05, 4.69) is 43.0 Å². The number of benzene rings is 1. The van der Waals surface area contributed by atoms with E-state index in [0.29, 0.717) is 6.61 Å². The van der Waals surface area contributed by atoms with Crippen molar-refractivity contribution in [3.05, 3.63) is 35.4 Å². The van der Waals surface area contributed by atoms with Crippen molar-refractivity contribution in [2.75, 3.05) is 20.2 Å². The first-order valence-corrected chi connectivity index (χ1v) is 5.59. The van der Waals surface area contributed by atoms with Crippen LogP contribution in [0.25, 0.3) is 0 Å². The highest BCUT2D eigenvalue weighted by atomic mass is 16.5. The molecule has 0 radical (unpaired) electrons. The van der Waals surface area contributed by atoms with Crippen molar-refractivity contribution in [3.8, 4) is 0 Å². The van der Waals surface area contributed by atoms with Crippen LogP contribution in [0.4, 0.5) is 0 Å². The van der Waals surface area contributed by atoms with Crippen LogP contribution in [0.1, 0.15) is 25.0 Å². The molecular formula is C13H21NO. The van der Waals surface area contributed by atoms with Crippen LogP contribution in [-0.4, -0.2) is 25.1 Å².